The van der Waals surface area contributed by atoms with Crippen molar-refractivity contribution in [3.05, 3.63) is 40.9 Å². The molecule has 0 saturated heterocycles. The van der Waals surface area contributed by atoms with Crippen molar-refractivity contribution in [2.24, 2.45) is 0 Å². The van der Waals surface area contributed by atoms with Gasteiger partial charge in [0.15, 0.2) is 0 Å². The number of nitrogens with one attached hydrogen (secondary N) is 1. The first-order valence-corrected chi connectivity index (χ1v) is 7.93. The van der Waals surface area contributed by atoms with Gasteiger partial charge in [0, 0.05) is 31.1 Å². The molecule has 0 saturated carbocycles. The molecule has 0 aliphatic heterocycles. The maximum Gasteiger partial charge on any atom is 0.317 e. The van der Waals surface area contributed by atoms with Gasteiger partial charge in [0.25, 0.3) is 0 Å². The van der Waals surface area contributed by atoms with Crippen LogP contribution in [0.2, 0.25) is 0 Å². The van der Waals surface area contributed by atoms with Crippen LogP contribution in [0, 0.1) is 6.92 Å². The Morgan fingerprint density at radius 3 is 2.77 bits per heavy atom. The van der Waals surface area contributed by atoms with Crippen molar-refractivity contribution in [3.8, 4) is 10.6 Å². The summed E-state index contributed by atoms with van der Waals surface area (Å²) < 4.78 is 4.97. The van der Waals surface area contributed by atoms with E-state index >= 15 is 0 Å². The molecule has 0 spiro atoms. The van der Waals surface area contributed by atoms with Crippen LogP contribution in [0.15, 0.2) is 30.3 Å². The minimum atomic E-state index is -0.105. The van der Waals surface area contributed by atoms with Gasteiger partial charge in [-0.25, -0.2) is 9.78 Å². The summed E-state index contributed by atoms with van der Waals surface area (Å²) in [6, 6.07) is 9.96. The van der Waals surface area contributed by atoms with Crippen molar-refractivity contribution in [2.75, 3.05) is 27.3 Å². The van der Waals surface area contributed by atoms with Gasteiger partial charge in [0.1, 0.15) is 5.01 Å². The Balaban J connectivity index is 1.96. The fourth-order valence-electron chi connectivity index (χ4n) is 1.92. The van der Waals surface area contributed by atoms with Crippen LogP contribution in [-0.2, 0) is 11.3 Å². The minimum Gasteiger partial charge on any atom is -0.383 e. The topological polar surface area (TPSA) is 54.5 Å². The number of hydrogen-bond donors (Lipinski definition) is 1. The van der Waals surface area contributed by atoms with Crippen LogP contribution in [0.4, 0.5) is 4.79 Å². The second-order valence-corrected chi connectivity index (χ2v) is 6.05. The number of rotatable bonds is 6. The number of urea groups is 1. The normalized spacial score (nSPS) is 10.5. The van der Waals surface area contributed by atoms with Crippen LogP contribution in [0.5, 0.6) is 0 Å². The smallest absolute Gasteiger partial charge is 0.317 e. The Morgan fingerprint density at radius 1 is 1.36 bits per heavy atom. The zero-order valence-electron chi connectivity index (χ0n) is 13.1. The van der Waals surface area contributed by atoms with Crippen LogP contribution in [-0.4, -0.2) is 43.2 Å². The standard InChI is InChI=1S/C16H21N3O2S/c1-12-14(11-17-16(20)19(2)9-10-21-3)22-15(18-12)13-7-5-4-6-8-13/h4-8H,9-11H2,1-3H3,(H,17,20). The molecule has 0 atom stereocenters. The van der Waals surface area contributed by atoms with Crippen LogP contribution in [0.25, 0.3) is 10.6 Å². The maximum absolute atomic E-state index is 12.0. The van der Waals surface area contributed by atoms with E-state index in [0.29, 0.717) is 19.7 Å². The van der Waals surface area contributed by atoms with Crippen molar-refractivity contribution in [2.45, 2.75) is 13.5 Å². The van der Waals surface area contributed by atoms with E-state index in [9.17, 15) is 4.79 Å². The first-order valence-electron chi connectivity index (χ1n) is 7.11. The summed E-state index contributed by atoms with van der Waals surface area (Å²) in [5, 5.41) is 3.90. The Labute approximate surface area is 134 Å². The van der Waals surface area contributed by atoms with Gasteiger partial charge in [-0.05, 0) is 6.92 Å². The number of likely N-dealkylation sites (N-methyl/N-ethyl adjacent to an activating group) is 1. The van der Waals surface area contributed by atoms with Crippen LogP contribution < -0.4 is 5.32 Å². The molecule has 22 heavy (non-hydrogen) atoms. The second-order valence-electron chi connectivity index (χ2n) is 4.97. The second kappa shape index (κ2) is 7.91. The first-order chi connectivity index (χ1) is 10.6. The summed E-state index contributed by atoms with van der Waals surface area (Å²) >= 11 is 1.62. The molecule has 0 bridgehead atoms. The molecule has 1 aromatic heterocycles. The van der Waals surface area contributed by atoms with Gasteiger partial charge in [-0.15, -0.1) is 11.3 Å². The zero-order valence-corrected chi connectivity index (χ0v) is 13.9. The van der Waals surface area contributed by atoms with Gasteiger partial charge in [-0.3, -0.25) is 0 Å². The van der Waals surface area contributed by atoms with E-state index in [4.69, 9.17) is 4.74 Å². The average molecular weight is 319 g/mol. The predicted octanol–water partition coefficient (Wildman–Crippen LogP) is 2.91. The summed E-state index contributed by atoms with van der Waals surface area (Å²) in [7, 11) is 3.38. The van der Waals surface area contributed by atoms with E-state index in [-0.39, 0.29) is 6.03 Å². The number of carbonyl (C=O) groups excluding carboxylic acids is 1. The van der Waals surface area contributed by atoms with E-state index < -0.39 is 0 Å². The van der Waals surface area contributed by atoms with Gasteiger partial charge in [0.2, 0.25) is 0 Å². The average Bonchev–Trinajstić information content (AvgIpc) is 2.92. The number of ether oxygens (including phenoxy) is 1. The van der Waals surface area contributed by atoms with Crippen molar-refractivity contribution in [1.29, 1.82) is 0 Å². The third-order valence-electron chi connectivity index (χ3n) is 3.29. The number of aryl methyl sites for hydroxylation is 1. The largest absolute Gasteiger partial charge is 0.383 e. The van der Waals surface area contributed by atoms with E-state index in [1.54, 1.807) is 30.4 Å². The Hall–Kier alpha value is -1.92. The molecule has 1 aromatic carbocycles. The summed E-state index contributed by atoms with van der Waals surface area (Å²) in [6.45, 7) is 3.56. The third-order valence-corrected chi connectivity index (χ3v) is 4.50. The maximum atomic E-state index is 12.0. The molecule has 0 radical (unpaired) electrons. The molecule has 118 valence electrons. The molecule has 0 unspecified atom stereocenters. The summed E-state index contributed by atoms with van der Waals surface area (Å²) in [6.07, 6.45) is 0. The zero-order chi connectivity index (χ0) is 15.9. The van der Waals surface area contributed by atoms with Crippen molar-refractivity contribution in [3.63, 3.8) is 0 Å². The molecule has 0 fully saturated rings. The highest BCUT2D eigenvalue weighted by Gasteiger charge is 2.12. The summed E-state index contributed by atoms with van der Waals surface area (Å²) in [5.41, 5.74) is 2.06. The summed E-state index contributed by atoms with van der Waals surface area (Å²) in [4.78, 5) is 19.2. The number of nitrogens with zero attached hydrogens (tertiary/aromatic N) is 2. The molecule has 6 heteroatoms. The first kappa shape index (κ1) is 16.5. The number of methoxy groups -OCH3 is 1. The Kier molecular flexibility index (Phi) is 5.91. The number of benzene rings is 1. The van der Waals surface area contributed by atoms with Gasteiger partial charge >= 0.3 is 6.03 Å². The molecule has 2 amide bonds. The lowest BCUT2D eigenvalue weighted by atomic mass is 10.2. The predicted molar refractivity (Wildman–Crippen MR) is 89.0 cm³/mol. The minimum absolute atomic E-state index is 0.105. The lowest BCUT2D eigenvalue weighted by Crippen LogP contribution is -2.38. The number of carbonyl (C=O) groups is 1. The molecular formula is C16H21N3O2S. The Bertz CT molecular complexity index is 613. The number of aromatic nitrogens is 1. The van der Waals surface area contributed by atoms with Crippen LogP contribution >= 0.6 is 11.3 Å². The SMILES string of the molecule is COCCN(C)C(=O)NCc1sc(-c2ccccc2)nc1C. The number of hydrogen-bond acceptors (Lipinski definition) is 4. The number of thiazole rings is 1. The fourth-order valence-corrected chi connectivity index (χ4v) is 2.92. The van der Waals surface area contributed by atoms with Crippen LogP contribution in [0.1, 0.15) is 10.6 Å². The van der Waals surface area contributed by atoms with Crippen molar-refractivity contribution in [1.82, 2.24) is 15.2 Å². The molecule has 2 aromatic rings. The van der Waals surface area contributed by atoms with Gasteiger partial charge in [-0.2, -0.15) is 0 Å². The van der Waals surface area contributed by atoms with Gasteiger partial charge in [-0.1, -0.05) is 30.3 Å². The molecular weight excluding hydrogens is 298 g/mol. The number of amides is 2. The lowest BCUT2D eigenvalue weighted by molar-refractivity contribution is 0.159. The van der Waals surface area contributed by atoms with E-state index in [0.717, 1.165) is 21.1 Å². The van der Waals surface area contributed by atoms with Crippen molar-refractivity contribution < 1.29 is 9.53 Å². The van der Waals surface area contributed by atoms with Gasteiger partial charge < -0.3 is 15.0 Å². The van der Waals surface area contributed by atoms with Gasteiger partial charge in [0.05, 0.1) is 18.8 Å². The van der Waals surface area contributed by atoms with E-state index in [1.807, 2.05) is 37.3 Å². The molecule has 2 rings (SSSR count). The summed E-state index contributed by atoms with van der Waals surface area (Å²) in [5.74, 6) is 0. The molecule has 0 aliphatic carbocycles. The highest BCUT2D eigenvalue weighted by molar-refractivity contribution is 7.15. The molecule has 5 nitrogen and oxygen atoms in total. The molecule has 1 N–H and O–H groups in total. The monoisotopic (exact) mass is 319 g/mol. The van der Waals surface area contributed by atoms with E-state index in [2.05, 4.69) is 10.3 Å². The van der Waals surface area contributed by atoms with E-state index in [1.165, 1.54) is 0 Å². The fraction of sp³-hybridized carbons (Fsp3) is 0.375. The molecule has 1 heterocycles. The van der Waals surface area contributed by atoms with Crippen LogP contribution in [0.3, 0.4) is 0 Å². The highest BCUT2D eigenvalue weighted by Crippen LogP contribution is 2.27. The van der Waals surface area contributed by atoms with Crippen molar-refractivity contribution >= 4 is 17.4 Å². The Morgan fingerprint density at radius 2 is 2.09 bits per heavy atom. The quantitative estimate of drug-likeness (QED) is 0.891. The third kappa shape index (κ3) is 4.29. The highest BCUT2D eigenvalue weighted by atomic mass is 32.1. The molecule has 0 aliphatic rings. The lowest BCUT2D eigenvalue weighted by Gasteiger charge is -2.17.